The molecule has 88 valence electrons. The summed E-state index contributed by atoms with van der Waals surface area (Å²) in [7, 11) is 0. The molecule has 0 aliphatic rings. The van der Waals surface area contributed by atoms with Gasteiger partial charge in [0, 0.05) is 21.6 Å². The SMILES string of the molecule is CC(N)c1ccc(Br)cc1Sc1ccncn1. The Morgan fingerprint density at radius 2 is 2.18 bits per heavy atom. The Morgan fingerprint density at radius 3 is 2.82 bits per heavy atom. The first-order chi connectivity index (χ1) is 8.16. The van der Waals surface area contributed by atoms with E-state index < -0.39 is 0 Å². The van der Waals surface area contributed by atoms with Gasteiger partial charge in [-0.3, -0.25) is 0 Å². The number of halogens is 1. The summed E-state index contributed by atoms with van der Waals surface area (Å²) in [6.07, 6.45) is 3.28. The molecule has 2 aromatic rings. The Balaban J connectivity index is 2.34. The van der Waals surface area contributed by atoms with Crippen LogP contribution in [-0.2, 0) is 0 Å². The summed E-state index contributed by atoms with van der Waals surface area (Å²) >= 11 is 5.07. The van der Waals surface area contributed by atoms with Gasteiger partial charge >= 0.3 is 0 Å². The van der Waals surface area contributed by atoms with Crippen LogP contribution in [0.15, 0.2) is 51.2 Å². The molecular weight excluding hydrogens is 298 g/mol. The first-order valence-corrected chi connectivity index (χ1v) is 6.76. The Labute approximate surface area is 113 Å². The van der Waals surface area contributed by atoms with Crippen LogP contribution in [0.4, 0.5) is 0 Å². The largest absolute Gasteiger partial charge is 0.324 e. The van der Waals surface area contributed by atoms with Gasteiger partial charge in [-0.25, -0.2) is 9.97 Å². The topological polar surface area (TPSA) is 51.8 Å². The van der Waals surface area contributed by atoms with E-state index in [1.807, 2.05) is 25.1 Å². The monoisotopic (exact) mass is 309 g/mol. The fourth-order valence-electron chi connectivity index (χ4n) is 1.42. The van der Waals surface area contributed by atoms with E-state index in [0.717, 1.165) is 20.0 Å². The van der Waals surface area contributed by atoms with Crippen molar-refractivity contribution in [1.29, 1.82) is 0 Å². The standard InChI is InChI=1S/C12H12BrN3S/c1-8(14)10-3-2-9(13)6-11(10)17-12-4-5-15-7-16-12/h2-8H,14H2,1H3. The molecule has 0 radical (unpaired) electrons. The molecule has 0 saturated carbocycles. The molecule has 1 aromatic carbocycles. The summed E-state index contributed by atoms with van der Waals surface area (Å²) in [5.41, 5.74) is 7.08. The molecule has 1 atom stereocenters. The van der Waals surface area contributed by atoms with Crippen LogP contribution in [0.2, 0.25) is 0 Å². The highest BCUT2D eigenvalue weighted by molar-refractivity contribution is 9.10. The van der Waals surface area contributed by atoms with Crippen LogP contribution >= 0.6 is 27.7 Å². The zero-order valence-electron chi connectivity index (χ0n) is 9.30. The van der Waals surface area contributed by atoms with Gasteiger partial charge in [0.25, 0.3) is 0 Å². The van der Waals surface area contributed by atoms with Crippen molar-refractivity contribution in [3.63, 3.8) is 0 Å². The summed E-state index contributed by atoms with van der Waals surface area (Å²) in [5.74, 6) is 0. The molecule has 1 heterocycles. The summed E-state index contributed by atoms with van der Waals surface area (Å²) in [5, 5.41) is 0.917. The van der Waals surface area contributed by atoms with Gasteiger partial charge in [-0.1, -0.05) is 33.8 Å². The number of rotatable bonds is 3. The molecule has 1 aromatic heterocycles. The highest BCUT2D eigenvalue weighted by Gasteiger charge is 2.09. The lowest BCUT2D eigenvalue weighted by Crippen LogP contribution is -2.06. The van der Waals surface area contributed by atoms with E-state index in [0.29, 0.717) is 0 Å². The Bertz CT molecular complexity index is 502. The van der Waals surface area contributed by atoms with Crippen molar-refractivity contribution in [3.05, 3.63) is 46.8 Å². The number of nitrogens with zero attached hydrogens (tertiary/aromatic N) is 2. The van der Waals surface area contributed by atoms with Crippen LogP contribution in [0.25, 0.3) is 0 Å². The molecule has 1 unspecified atom stereocenters. The van der Waals surface area contributed by atoms with Crippen molar-refractivity contribution in [1.82, 2.24) is 9.97 Å². The quantitative estimate of drug-likeness (QED) is 0.883. The second kappa shape index (κ2) is 5.62. The lowest BCUT2D eigenvalue weighted by Gasteiger charge is -2.12. The van der Waals surface area contributed by atoms with Gasteiger partial charge in [0.05, 0.1) is 0 Å². The summed E-state index contributed by atoms with van der Waals surface area (Å²) in [6.45, 7) is 1.98. The van der Waals surface area contributed by atoms with Crippen LogP contribution in [0.3, 0.4) is 0 Å². The Kier molecular flexibility index (Phi) is 4.15. The fraction of sp³-hybridized carbons (Fsp3) is 0.167. The number of hydrogen-bond donors (Lipinski definition) is 1. The highest BCUT2D eigenvalue weighted by Crippen LogP contribution is 2.33. The van der Waals surface area contributed by atoms with Crippen LogP contribution < -0.4 is 5.73 Å². The molecule has 0 aliphatic carbocycles. The van der Waals surface area contributed by atoms with Gasteiger partial charge in [-0.05, 0) is 30.7 Å². The molecule has 5 heteroatoms. The molecule has 0 aliphatic heterocycles. The molecule has 0 bridgehead atoms. The molecule has 17 heavy (non-hydrogen) atoms. The van der Waals surface area contributed by atoms with Crippen molar-refractivity contribution in [3.8, 4) is 0 Å². The zero-order chi connectivity index (χ0) is 12.3. The first-order valence-electron chi connectivity index (χ1n) is 5.15. The van der Waals surface area contributed by atoms with E-state index in [1.54, 1.807) is 24.3 Å². The predicted molar refractivity (Wildman–Crippen MR) is 72.9 cm³/mol. The third kappa shape index (κ3) is 3.28. The average molecular weight is 310 g/mol. The van der Waals surface area contributed by atoms with Gasteiger partial charge in [0.15, 0.2) is 0 Å². The third-order valence-corrected chi connectivity index (χ3v) is 3.75. The second-order valence-corrected chi connectivity index (χ2v) is 5.60. The first kappa shape index (κ1) is 12.5. The molecule has 3 nitrogen and oxygen atoms in total. The Morgan fingerprint density at radius 1 is 1.35 bits per heavy atom. The van der Waals surface area contributed by atoms with E-state index in [1.165, 1.54) is 0 Å². The van der Waals surface area contributed by atoms with Gasteiger partial charge in [-0.15, -0.1) is 0 Å². The Hall–Kier alpha value is -0.910. The number of nitrogens with two attached hydrogens (primary N) is 1. The van der Waals surface area contributed by atoms with Gasteiger partial charge in [-0.2, -0.15) is 0 Å². The minimum absolute atomic E-state index is 0.00689. The maximum absolute atomic E-state index is 5.96. The van der Waals surface area contributed by atoms with E-state index >= 15 is 0 Å². The molecule has 0 spiro atoms. The maximum Gasteiger partial charge on any atom is 0.116 e. The minimum Gasteiger partial charge on any atom is -0.324 e. The minimum atomic E-state index is 0.00689. The van der Waals surface area contributed by atoms with Crippen molar-refractivity contribution >= 4 is 27.7 Å². The number of aromatic nitrogens is 2. The van der Waals surface area contributed by atoms with E-state index in [9.17, 15) is 0 Å². The van der Waals surface area contributed by atoms with Crippen LogP contribution in [-0.4, -0.2) is 9.97 Å². The third-order valence-electron chi connectivity index (χ3n) is 2.24. The smallest absolute Gasteiger partial charge is 0.116 e. The summed E-state index contributed by atoms with van der Waals surface area (Å²) < 4.78 is 1.04. The zero-order valence-corrected chi connectivity index (χ0v) is 11.7. The van der Waals surface area contributed by atoms with Gasteiger partial charge in [0.2, 0.25) is 0 Å². The van der Waals surface area contributed by atoms with Gasteiger partial charge < -0.3 is 5.73 Å². The van der Waals surface area contributed by atoms with E-state index in [4.69, 9.17) is 5.73 Å². The average Bonchev–Trinajstić information content (AvgIpc) is 2.30. The molecule has 2 rings (SSSR count). The van der Waals surface area contributed by atoms with Crippen LogP contribution in [0, 0.1) is 0 Å². The van der Waals surface area contributed by atoms with Crippen molar-refractivity contribution in [2.75, 3.05) is 0 Å². The van der Waals surface area contributed by atoms with Gasteiger partial charge in [0.1, 0.15) is 11.4 Å². The number of hydrogen-bond acceptors (Lipinski definition) is 4. The summed E-state index contributed by atoms with van der Waals surface area (Å²) in [6, 6.07) is 8.00. The second-order valence-electron chi connectivity index (χ2n) is 3.62. The summed E-state index contributed by atoms with van der Waals surface area (Å²) in [4.78, 5) is 9.22. The van der Waals surface area contributed by atoms with Crippen LogP contribution in [0.1, 0.15) is 18.5 Å². The lowest BCUT2D eigenvalue weighted by molar-refractivity contribution is 0.796. The molecule has 0 amide bonds. The molecular formula is C12H12BrN3S. The van der Waals surface area contributed by atoms with E-state index in [2.05, 4.69) is 32.0 Å². The lowest BCUT2D eigenvalue weighted by atomic mass is 10.1. The number of benzene rings is 1. The van der Waals surface area contributed by atoms with Crippen LogP contribution in [0.5, 0.6) is 0 Å². The normalized spacial score (nSPS) is 12.4. The highest BCUT2D eigenvalue weighted by atomic mass is 79.9. The fourth-order valence-corrected chi connectivity index (χ4v) is 2.95. The molecule has 2 N–H and O–H groups in total. The molecule has 0 fully saturated rings. The van der Waals surface area contributed by atoms with Crippen molar-refractivity contribution < 1.29 is 0 Å². The van der Waals surface area contributed by atoms with Crippen molar-refractivity contribution in [2.24, 2.45) is 5.73 Å². The molecule has 0 saturated heterocycles. The van der Waals surface area contributed by atoms with E-state index in [-0.39, 0.29) is 6.04 Å². The predicted octanol–water partition coefficient (Wildman–Crippen LogP) is 3.41. The van der Waals surface area contributed by atoms with Crippen molar-refractivity contribution in [2.45, 2.75) is 22.9 Å². The maximum atomic E-state index is 5.96.